The Morgan fingerprint density at radius 1 is 1.47 bits per heavy atom. The van der Waals surface area contributed by atoms with Crippen LogP contribution < -0.4 is 5.43 Å². The SMILES string of the molecule is ON(Nc1cccc(C(F)F)c1)C1=NCCS1. The van der Waals surface area contributed by atoms with Crippen LogP contribution in [0.4, 0.5) is 14.5 Å². The average Bonchev–Trinajstić information content (AvgIpc) is 2.82. The number of hydrogen-bond acceptors (Lipinski definition) is 5. The molecule has 0 amide bonds. The van der Waals surface area contributed by atoms with Crippen molar-refractivity contribution in [1.29, 1.82) is 0 Å². The Labute approximate surface area is 101 Å². The topological polar surface area (TPSA) is 47.9 Å². The van der Waals surface area contributed by atoms with Gasteiger partial charge in [0.15, 0.2) is 0 Å². The van der Waals surface area contributed by atoms with Crippen LogP contribution in [0, 0.1) is 0 Å². The molecule has 92 valence electrons. The van der Waals surface area contributed by atoms with Gasteiger partial charge in [-0.3, -0.25) is 15.6 Å². The second-order valence-corrected chi connectivity index (χ2v) is 4.42. The van der Waals surface area contributed by atoms with E-state index in [2.05, 4.69) is 10.4 Å². The van der Waals surface area contributed by atoms with Crippen molar-refractivity contribution in [3.05, 3.63) is 29.8 Å². The van der Waals surface area contributed by atoms with Gasteiger partial charge in [0.2, 0.25) is 5.17 Å². The molecule has 1 aromatic rings. The Morgan fingerprint density at radius 3 is 2.94 bits per heavy atom. The minimum atomic E-state index is -2.53. The highest BCUT2D eigenvalue weighted by Gasteiger charge is 2.14. The summed E-state index contributed by atoms with van der Waals surface area (Å²) in [4.78, 5) is 4.03. The zero-order valence-electron chi connectivity index (χ0n) is 8.81. The lowest BCUT2D eigenvalue weighted by Gasteiger charge is -2.18. The summed E-state index contributed by atoms with van der Waals surface area (Å²) < 4.78 is 24.9. The second kappa shape index (κ2) is 5.33. The molecular weight excluding hydrogens is 248 g/mol. The van der Waals surface area contributed by atoms with E-state index in [1.165, 1.54) is 30.0 Å². The number of hydrogen-bond donors (Lipinski definition) is 2. The van der Waals surface area contributed by atoms with Crippen LogP contribution >= 0.6 is 11.8 Å². The number of rotatable bonds is 3. The molecule has 0 unspecified atom stereocenters. The Balaban J connectivity index is 2.05. The molecule has 7 heteroatoms. The smallest absolute Gasteiger partial charge is 0.263 e. The molecule has 0 aliphatic carbocycles. The van der Waals surface area contributed by atoms with Crippen LogP contribution in [0.2, 0.25) is 0 Å². The van der Waals surface area contributed by atoms with Gasteiger partial charge in [-0.2, -0.15) is 0 Å². The average molecular weight is 259 g/mol. The molecule has 4 nitrogen and oxygen atoms in total. The van der Waals surface area contributed by atoms with Crippen LogP contribution in [0.1, 0.15) is 12.0 Å². The van der Waals surface area contributed by atoms with Gasteiger partial charge in [0.1, 0.15) is 0 Å². The fraction of sp³-hybridized carbons (Fsp3) is 0.300. The molecule has 0 spiro atoms. The summed E-state index contributed by atoms with van der Waals surface area (Å²) >= 11 is 1.40. The van der Waals surface area contributed by atoms with Crippen LogP contribution in [0.3, 0.4) is 0 Å². The summed E-state index contributed by atoms with van der Waals surface area (Å²) in [7, 11) is 0. The third kappa shape index (κ3) is 3.07. The summed E-state index contributed by atoms with van der Waals surface area (Å²) in [6, 6.07) is 5.71. The highest BCUT2D eigenvalue weighted by Crippen LogP contribution is 2.22. The van der Waals surface area contributed by atoms with E-state index in [9.17, 15) is 14.0 Å². The lowest BCUT2D eigenvalue weighted by Crippen LogP contribution is -2.30. The molecule has 0 fully saturated rings. The molecule has 2 rings (SSSR count). The van der Waals surface area contributed by atoms with Crippen molar-refractivity contribution in [2.45, 2.75) is 6.43 Å². The van der Waals surface area contributed by atoms with Crippen molar-refractivity contribution in [2.24, 2.45) is 4.99 Å². The molecule has 1 aliphatic heterocycles. The monoisotopic (exact) mass is 259 g/mol. The van der Waals surface area contributed by atoms with E-state index in [4.69, 9.17) is 0 Å². The normalized spacial score (nSPS) is 14.9. The van der Waals surface area contributed by atoms with Crippen molar-refractivity contribution in [1.82, 2.24) is 5.17 Å². The van der Waals surface area contributed by atoms with E-state index < -0.39 is 6.43 Å². The van der Waals surface area contributed by atoms with Gasteiger partial charge in [0, 0.05) is 11.3 Å². The molecule has 1 aromatic carbocycles. The Hall–Kier alpha value is -1.34. The molecule has 17 heavy (non-hydrogen) atoms. The Kier molecular flexibility index (Phi) is 3.80. The fourth-order valence-electron chi connectivity index (χ4n) is 1.37. The lowest BCUT2D eigenvalue weighted by atomic mass is 10.2. The first-order valence-electron chi connectivity index (χ1n) is 4.98. The van der Waals surface area contributed by atoms with Crippen molar-refractivity contribution in [3.63, 3.8) is 0 Å². The molecule has 0 radical (unpaired) electrons. The van der Waals surface area contributed by atoms with Gasteiger partial charge in [0.25, 0.3) is 6.43 Å². The number of benzene rings is 1. The molecule has 0 saturated heterocycles. The minimum Gasteiger partial charge on any atom is -0.273 e. The van der Waals surface area contributed by atoms with Gasteiger partial charge in [-0.25, -0.2) is 8.78 Å². The molecular formula is C10H11F2N3OS. The number of aliphatic imine (C=N–C) groups is 1. The van der Waals surface area contributed by atoms with E-state index in [1.807, 2.05) is 0 Å². The number of nitrogens with zero attached hydrogens (tertiary/aromatic N) is 2. The highest BCUT2D eigenvalue weighted by atomic mass is 32.2. The quantitative estimate of drug-likeness (QED) is 0.819. The van der Waals surface area contributed by atoms with E-state index in [-0.39, 0.29) is 5.56 Å². The predicted molar refractivity (Wildman–Crippen MR) is 63.4 cm³/mol. The van der Waals surface area contributed by atoms with E-state index >= 15 is 0 Å². The highest BCUT2D eigenvalue weighted by molar-refractivity contribution is 8.14. The first-order valence-corrected chi connectivity index (χ1v) is 5.96. The largest absolute Gasteiger partial charge is 0.273 e. The third-order valence-corrected chi connectivity index (χ3v) is 3.07. The van der Waals surface area contributed by atoms with Crippen molar-refractivity contribution < 1.29 is 14.0 Å². The number of thioether (sulfide) groups is 1. The number of nitrogens with one attached hydrogen (secondary N) is 1. The number of hydrazine groups is 1. The summed E-state index contributed by atoms with van der Waals surface area (Å²) in [6.45, 7) is 0.649. The van der Waals surface area contributed by atoms with E-state index in [0.717, 1.165) is 10.9 Å². The maximum Gasteiger partial charge on any atom is 0.263 e. The molecule has 0 bridgehead atoms. The van der Waals surface area contributed by atoms with Crippen LogP contribution in [-0.4, -0.2) is 27.8 Å². The summed E-state index contributed by atoms with van der Waals surface area (Å²) in [5.74, 6) is 0.811. The zero-order chi connectivity index (χ0) is 12.3. The molecule has 1 heterocycles. The zero-order valence-corrected chi connectivity index (χ0v) is 9.62. The Morgan fingerprint density at radius 2 is 2.29 bits per heavy atom. The van der Waals surface area contributed by atoms with Crippen LogP contribution in [-0.2, 0) is 0 Å². The third-order valence-electron chi connectivity index (χ3n) is 2.12. The number of amidine groups is 1. The van der Waals surface area contributed by atoms with Crippen molar-refractivity contribution >= 4 is 22.6 Å². The second-order valence-electron chi connectivity index (χ2n) is 3.36. The maximum absolute atomic E-state index is 12.5. The van der Waals surface area contributed by atoms with Crippen molar-refractivity contribution in [2.75, 3.05) is 17.7 Å². The number of hydroxylamine groups is 1. The van der Waals surface area contributed by atoms with Gasteiger partial charge in [0.05, 0.1) is 12.2 Å². The van der Waals surface area contributed by atoms with Gasteiger partial charge in [-0.15, -0.1) is 5.17 Å². The summed E-state index contributed by atoms with van der Waals surface area (Å²) in [5, 5.41) is 10.8. The first kappa shape index (κ1) is 12.1. The summed E-state index contributed by atoms with van der Waals surface area (Å²) in [5.41, 5.74) is 2.88. The van der Waals surface area contributed by atoms with Gasteiger partial charge < -0.3 is 0 Å². The van der Waals surface area contributed by atoms with Gasteiger partial charge in [-0.1, -0.05) is 23.9 Å². The number of alkyl halides is 2. The van der Waals surface area contributed by atoms with Crippen LogP contribution in [0.15, 0.2) is 29.3 Å². The predicted octanol–water partition coefficient (Wildman–Crippen LogP) is 2.75. The molecule has 1 aliphatic rings. The lowest BCUT2D eigenvalue weighted by molar-refractivity contribution is 0.0162. The van der Waals surface area contributed by atoms with Crippen LogP contribution in [0.5, 0.6) is 0 Å². The van der Waals surface area contributed by atoms with Crippen LogP contribution in [0.25, 0.3) is 0 Å². The molecule has 0 aromatic heterocycles. The number of anilines is 1. The molecule has 0 atom stereocenters. The molecule has 2 N–H and O–H groups in total. The fourth-order valence-corrected chi connectivity index (χ4v) is 2.08. The van der Waals surface area contributed by atoms with Gasteiger partial charge in [-0.05, 0) is 12.1 Å². The standard InChI is InChI=1S/C10H11F2N3OS/c11-9(12)7-2-1-3-8(6-7)14-15(16)10-13-4-5-17-10/h1-3,6,9,14,16H,4-5H2. The Bertz CT molecular complexity index is 428. The molecule has 0 saturated carbocycles. The van der Waals surface area contributed by atoms with E-state index in [1.54, 1.807) is 6.07 Å². The minimum absolute atomic E-state index is 0.0931. The first-order chi connectivity index (χ1) is 8.16. The van der Waals surface area contributed by atoms with E-state index in [0.29, 0.717) is 17.4 Å². The van der Waals surface area contributed by atoms with Gasteiger partial charge >= 0.3 is 0 Å². The summed E-state index contributed by atoms with van der Waals surface area (Å²) in [6.07, 6.45) is -2.53. The van der Waals surface area contributed by atoms with Crippen molar-refractivity contribution in [3.8, 4) is 0 Å². The maximum atomic E-state index is 12.5. The number of halogens is 2.